The monoisotopic (exact) mass is 259 g/mol. The van der Waals surface area contributed by atoms with Crippen LogP contribution in [0.3, 0.4) is 0 Å². The van der Waals surface area contributed by atoms with Gasteiger partial charge in [0.25, 0.3) is 0 Å². The molecule has 0 saturated carbocycles. The van der Waals surface area contributed by atoms with Crippen LogP contribution in [0.2, 0.25) is 5.22 Å². The van der Waals surface area contributed by atoms with Crippen LogP contribution in [0.25, 0.3) is 11.1 Å². The molecule has 0 saturated heterocycles. The van der Waals surface area contributed by atoms with Crippen molar-refractivity contribution in [2.24, 2.45) is 0 Å². The second kappa shape index (κ2) is 4.44. The summed E-state index contributed by atoms with van der Waals surface area (Å²) in [6.45, 7) is 0. The average molecular weight is 260 g/mol. The van der Waals surface area contributed by atoms with Crippen LogP contribution in [0.5, 0.6) is 0 Å². The zero-order chi connectivity index (χ0) is 12.5. The third-order valence-corrected chi connectivity index (χ3v) is 3.11. The molecule has 2 aromatic heterocycles. The Labute approximate surface area is 109 Å². The van der Waals surface area contributed by atoms with Gasteiger partial charge in [-0.3, -0.25) is 4.98 Å². The third-order valence-electron chi connectivity index (χ3n) is 2.83. The van der Waals surface area contributed by atoms with E-state index in [1.54, 1.807) is 18.3 Å². The van der Waals surface area contributed by atoms with Crippen molar-refractivity contribution < 1.29 is 9.52 Å². The van der Waals surface area contributed by atoms with Gasteiger partial charge in [0.15, 0.2) is 5.58 Å². The summed E-state index contributed by atoms with van der Waals surface area (Å²) in [7, 11) is 0. The third kappa shape index (κ3) is 1.78. The minimum atomic E-state index is -0.838. The minimum Gasteiger partial charge on any atom is -0.443 e. The molecule has 2 heterocycles. The highest BCUT2D eigenvalue weighted by Gasteiger charge is 2.22. The second-order valence-electron chi connectivity index (χ2n) is 3.95. The van der Waals surface area contributed by atoms with Crippen molar-refractivity contribution in [2.75, 3.05) is 0 Å². The number of benzene rings is 1. The average Bonchev–Trinajstić information content (AvgIpc) is 2.75. The summed E-state index contributed by atoms with van der Waals surface area (Å²) < 4.78 is 5.38. The van der Waals surface area contributed by atoms with E-state index in [1.807, 2.05) is 30.3 Å². The molecule has 3 aromatic rings. The molecule has 0 aliphatic rings. The van der Waals surface area contributed by atoms with Crippen LogP contribution in [0.4, 0.5) is 0 Å². The molecule has 3 rings (SSSR count). The topological polar surface area (TPSA) is 46.3 Å². The first-order valence-corrected chi connectivity index (χ1v) is 5.91. The van der Waals surface area contributed by atoms with Crippen LogP contribution in [0.1, 0.15) is 17.2 Å². The maximum absolute atomic E-state index is 10.4. The number of fused-ring (bicyclic) bond motifs is 1. The molecule has 4 heteroatoms. The van der Waals surface area contributed by atoms with Crippen LogP contribution < -0.4 is 0 Å². The van der Waals surface area contributed by atoms with E-state index in [0.717, 1.165) is 5.56 Å². The first-order chi connectivity index (χ1) is 8.77. The van der Waals surface area contributed by atoms with Gasteiger partial charge in [-0.1, -0.05) is 30.3 Å². The number of rotatable bonds is 2. The Morgan fingerprint density at radius 2 is 1.89 bits per heavy atom. The summed E-state index contributed by atoms with van der Waals surface area (Å²) in [5.41, 5.74) is 2.44. The molecule has 0 bridgehead atoms. The van der Waals surface area contributed by atoms with Crippen LogP contribution in [-0.4, -0.2) is 10.1 Å². The lowest BCUT2D eigenvalue weighted by molar-refractivity contribution is 0.220. The van der Waals surface area contributed by atoms with Gasteiger partial charge in [-0.2, -0.15) is 0 Å². The van der Waals surface area contributed by atoms with Gasteiger partial charge in [-0.15, -0.1) is 0 Å². The van der Waals surface area contributed by atoms with Gasteiger partial charge in [-0.05, 0) is 29.3 Å². The fourth-order valence-electron chi connectivity index (χ4n) is 1.96. The van der Waals surface area contributed by atoms with Crippen LogP contribution in [0, 0.1) is 0 Å². The van der Waals surface area contributed by atoms with Crippen LogP contribution in [0.15, 0.2) is 53.1 Å². The number of furan rings is 1. The fourth-order valence-corrected chi connectivity index (χ4v) is 2.23. The van der Waals surface area contributed by atoms with Crippen molar-refractivity contribution >= 4 is 22.7 Å². The maximum Gasteiger partial charge on any atom is 0.202 e. The Bertz CT molecular complexity index is 679. The summed E-state index contributed by atoms with van der Waals surface area (Å²) >= 11 is 6.05. The van der Waals surface area contributed by atoms with Gasteiger partial charge in [0, 0.05) is 6.20 Å². The van der Waals surface area contributed by atoms with E-state index < -0.39 is 6.10 Å². The molecular weight excluding hydrogens is 250 g/mol. The smallest absolute Gasteiger partial charge is 0.202 e. The second-order valence-corrected chi connectivity index (χ2v) is 4.30. The lowest BCUT2D eigenvalue weighted by atomic mass is 10.0. The number of hydrogen-bond acceptors (Lipinski definition) is 3. The van der Waals surface area contributed by atoms with Gasteiger partial charge in [-0.25, -0.2) is 0 Å². The summed E-state index contributed by atoms with van der Waals surface area (Å²) in [6, 6.07) is 12.8. The molecule has 0 fully saturated rings. The van der Waals surface area contributed by atoms with E-state index in [-0.39, 0.29) is 5.22 Å². The number of aliphatic hydroxyl groups is 1. The van der Waals surface area contributed by atoms with Crippen molar-refractivity contribution in [2.45, 2.75) is 6.10 Å². The predicted octanol–water partition coefficient (Wildman–Crippen LogP) is 3.56. The maximum atomic E-state index is 10.4. The van der Waals surface area contributed by atoms with Gasteiger partial charge in [0.2, 0.25) is 5.22 Å². The first kappa shape index (κ1) is 11.3. The normalized spacial score (nSPS) is 12.8. The first-order valence-electron chi connectivity index (χ1n) is 5.53. The minimum absolute atomic E-state index is 0.181. The molecule has 1 unspecified atom stereocenters. The summed E-state index contributed by atoms with van der Waals surface area (Å²) in [5, 5.41) is 10.6. The van der Waals surface area contributed by atoms with Crippen molar-refractivity contribution in [1.82, 2.24) is 4.98 Å². The lowest BCUT2D eigenvalue weighted by Crippen LogP contribution is -1.99. The summed E-state index contributed by atoms with van der Waals surface area (Å²) in [6.07, 6.45) is 0.810. The highest BCUT2D eigenvalue weighted by molar-refractivity contribution is 6.30. The number of halogens is 1. The lowest BCUT2D eigenvalue weighted by Gasteiger charge is -2.09. The van der Waals surface area contributed by atoms with E-state index in [9.17, 15) is 5.11 Å². The molecular formula is C14H10ClNO2. The Balaban J connectivity index is 2.17. The van der Waals surface area contributed by atoms with Gasteiger partial charge in [0.05, 0.1) is 5.56 Å². The van der Waals surface area contributed by atoms with E-state index in [4.69, 9.17) is 16.0 Å². The summed E-state index contributed by atoms with van der Waals surface area (Å²) in [4.78, 5) is 4.21. The van der Waals surface area contributed by atoms with Gasteiger partial charge in [0.1, 0.15) is 11.6 Å². The number of aromatic nitrogens is 1. The molecule has 1 atom stereocenters. The quantitative estimate of drug-likeness (QED) is 0.765. The molecule has 0 aliphatic heterocycles. The van der Waals surface area contributed by atoms with E-state index >= 15 is 0 Å². The Hall–Kier alpha value is -1.84. The highest BCUT2D eigenvalue weighted by Crippen LogP contribution is 2.35. The predicted molar refractivity (Wildman–Crippen MR) is 69.5 cm³/mol. The molecule has 0 aliphatic carbocycles. The van der Waals surface area contributed by atoms with Crippen molar-refractivity contribution in [3.8, 4) is 0 Å². The highest BCUT2D eigenvalue weighted by atomic mass is 35.5. The van der Waals surface area contributed by atoms with Gasteiger partial charge >= 0.3 is 0 Å². The molecule has 90 valence electrons. The molecule has 1 aromatic carbocycles. The number of nitrogens with zero attached hydrogens (tertiary/aromatic N) is 1. The Morgan fingerprint density at radius 3 is 2.67 bits per heavy atom. The molecule has 1 N–H and O–H groups in total. The fraction of sp³-hybridized carbons (Fsp3) is 0.0714. The molecule has 18 heavy (non-hydrogen) atoms. The summed E-state index contributed by atoms with van der Waals surface area (Å²) in [5.74, 6) is 0. The number of hydrogen-bond donors (Lipinski definition) is 1. The number of aliphatic hydroxyl groups excluding tert-OH is 1. The Kier molecular flexibility index (Phi) is 2.78. The van der Waals surface area contributed by atoms with Crippen molar-refractivity contribution in [3.05, 3.63) is 65.0 Å². The zero-order valence-corrected chi connectivity index (χ0v) is 10.1. The van der Waals surface area contributed by atoms with Crippen LogP contribution in [-0.2, 0) is 0 Å². The molecule has 3 nitrogen and oxygen atoms in total. The molecule has 0 amide bonds. The molecule has 0 radical (unpaired) electrons. The van der Waals surface area contributed by atoms with Crippen molar-refractivity contribution in [1.29, 1.82) is 0 Å². The largest absolute Gasteiger partial charge is 0.443 e. The van der Waals surface area contributed by atoms with E-state index in [1.165, 1.54) is 0 Å². The van der Waals surface area contributed by atoms with Gasteiger partial charge < -0.3 is 9.52 Å². The Morgan fingerprint density at radius 1 is 1.11 bits per heavy atom. The van der Waals surface area contributed by atoms with E-state index in [0.29, 0.717) is 16.7 Å². The van der Waals surface area contributed by atoms with E-state index in [2.05, 4.69) is 4.98 Å². The van der Waals surface area contributed by atoms with Crippen molar-refractivity contribution in [3.63, 3.8) is 0 Å². The van der Waals surface area contributed by atoms with Crippen LogP contribution >= 0.6 is 11.6 Å². The number of pyridine rings is 1. The zero-order valence-electron chi connectivity index (χ0n) is 9.38. The SMILES string of the molecule is OC(c1ccccc1)c1c(Cl)oc2cccnc12. The standard InChI is InChI=1S/C14H10ClNO2/c15-14-11(12-10(18-14)7-4-8-16-12)13(17)9-5-2-1-3-6-9/h1-8,13,17H. The molecule has 0 spiro atoms.